The first-order valence-corrected chi connectivity index (χ1v) is 5.61. The van der Waals surface area contributed by atoms with Gasteiger partial charge in [-0.3, -0.25) is 0 Å². The summed E-state index contributed by atoms with van der Waals surface area (Å²) in [6, 6.07) is 2.64. The molecule has 6 nitrogen and oxygen atoms in total. The van der Waals surface area contributed by atoms with Crippen LogP contribution in [0.2, 0.25) is 0 Å². The van der Waals surface area contributed by atoms with Crippen molar-refractivity contribution >= 4 is 28.6 Å². The Balaban J connectivity index is 3.15. The summed E-state index contributed by atoms with van der Waals surface area (Å²) >= 11 is 1.80. The van der Waals surface area contributed by atoms with Gasteiger partial charge in [0.15, 0.2) is 17.6 Å². The van der Waals surface area contributed by atoms with Crippen molar-refractivity contribution in [2.45, 2.75) is 12.2 Å². The molecule has 1 rings (SSSR count). The summed E-state index contributed by atoms with van der Waals surface area (Å²) in [5.74, 6) is -1.53. The third-order valence-corrected chi connectivity index (χ3v) is 2.99. The van der Waals surface area contributed by atoms with Gasteiger partial charge in [-0.2, -0.15) is 0 Å². The summed E-state index contributed by atoms with van der Waals surface area (Å²) in [6.45, 7) is 0. The Morgan fingerprint density at radius 1 is 1.41 bits per heavy atom. The number of carboxylic acids is 1. The zero-order chi connectivity index (χ0) is 13.2. The van der Waals surface area contributed by atoms with Gasteiger partial charge in [-0.25, -0.2) is 4.79 Å². The Hall–Kier alpha value is -1.06. The lowest BCUT2D eigenvalue weighted by molar-refractivity contribution is -0.153. The van der Waals surface area contributed by atoms with Crippen LogP contribution in [0.4, 0.5) is 0 Å². The number of hydrogen-bond acceptors (Lipinski definition) is 5. The largest absolute Gasteiger partial charge is 0.504 e. The number of halogens is 1. The summed E-state index contributed by atoms with van der Waals surface area (Å²) in [7, 11) is 1.33. The maximum Gasteiger partial charge on any atom is 0.335 e. The van der Waals surface area contributed by atoms with Crippen molar-refractivity contribution in [1.29, 1.82) is 0 Å². The minimum absolute atomic E-state index is 0.100. The second kappa shape index (κ2) is 5.52. The summed E-state index contributed by atoms with van der Waals surface area (Å²) in [5, 5.41) is 37.0. The Bertz CT molecular complexity index is 433. The van der Waals surface area contributed by atoms with Crippen LogP contribution in [-0.4, -0.2) is 39.6 Å². The zero-order valence-corrected chi connectivity index (χ0v) is 11.0. The molecule has 0 aliphatic carbocycles. The molecule has 0 fully saturated rings. The molecular formula is C10H11IO6. The van der Waals surface area contributed by atoms with E-state index in [-0.39, 0.29) is 17.1 Å². The normalized spacial score (nSPS) is 14.1. The van der Waals surface area contributed by atoms with Crippen molar-refractivity contribution in [1.82, 2.24) is 0 Å². The van der Waals surface area contributed by atoms with Crippen LogP contribution in [0.25, 0.3) is 0 Å². The van der Waals surface area contributed by atoms with Gasteiger partial charge in [0.25, 0.3) is 0 Å². The molecule has 0 spiro atoms. The smallest absolute Gasteiger partial charge is 0.335 e. The highest BCUT2D eigenvalue weighted by Crippen LogP contribution is 2.34. The Morgan fingerprint density at radius 3 is 2.47 bits per heavy atom. The van der Waals surface area contributed by atoms with Crippen LogP contribution in [0.15, 0.2) is 12.1 Å². The van der Waals surface area contributed by atoms with Crippen LogP contribution in [0.5, 0.6) is 11.5 Å². The molecule has 1 aromatic rings. The summed E-state index contributed by atoms with van der Waals surface area (Å²) in [5.41, 5.74) is 0.152. The van der Waals surface area contributed by atoms with E-state index in [0.717, 1.165) is 0 Å². The number of carbonyl (C=O) groups is 1. The number of phenolic OH excluding ortho intramolecular Hbond substituents is 1. The fraction of sp³-hybridized carbons (Fsp3) is 0.300. The number of phenols is 1. The highest BCUT2D eigenvalue weighted by Gasteiger charge is 2.26. The number of benzene rings is 1. The molecule has 0 radical (unpaired) electrons. The van der Waals surface area contributed by atoms with E-state index >= 15 is 0 Å². The quantitative estimate of drug-likeness (QED) is 0.586. The van der Waals surface area contributed by atoms with E-state index in [2.05, 4.69) is 0 Å². The summed E-state index contributed by atoms with van der Waals surface area (Å²) in [4.78, 5) is 10.5. The van der Waals surface area contributed by atoms with Crippen molar-refractivity contribution in [2.24, 2.45) is 0 Å². The molecule has 0 aliphatic heterocycles. The third kappa shape index (κ3) is 2.99. The van der Waals surface area contributed by atoms with Crippen LogP contribution in [0, 0.1) is 3.57 Å². The van der Waals surface area contributed by atoms with Gasteiger partial charge in [-0.1, -0.05) is 0 Å². The molecule has 0 aliphatic rings. The molecular weight excluding hydrogens is 343 g/mol. The molecule has 0 saturated heterocycles. The zero-order valence-electron chi connectivity index (χ0n) is 8.79. The van der Waals surface area contributed by atoms with Gasteiger partial charge in [0, 0.05) is 0 Å². The van der Waals surface area contributed by atoms with Gasteiger partial charge in [-0.05, 0) is 40.3 Å². The molecule has 2 unspecified atom stereocenters. The lowest BCUT2D eigenvalue weighted by Crippen LogP contribution is -2.27. The molecule has 0 aromatic heterocycles. The monoisotopic (exact) mass is 354 g/mol. The lowest BCUT2D eigenvalue weighted by atomic mass is 10.0. The van der Waals surface area contributed by atoms with Gasteiger partial charge in [-0.15, -0.1) is 0 Å². The van der Waals surface area contributed by atoms with Crippen LogP contribution in [-0.2, 0) is 4.79 Å². The topological polar surface area (TPSA) is 107 Å². The molecule has 1 aromatic carbocycles. The minimum Gasteiger partial charge on any atom is -0.504 e. The predicted octanol–water partition coefficient (Wildman–Crippen LogP) is 0.484. The van der Waals surface area contributed by atoms with E-state index in [0.29, 0.717) is 3.57 Å². The molecule has 94 valence electrons. The fourth-order valence-corrected chi connectivity index (χ4v) is 1.86. The van der Waals surface area contributed by atoms with Gasteiger partial charge < -0.3 is 25.2 Å². The number of aromatic hydroxyl groups is 1. The first-order valence-electron chi connectivity index (χ1n) is 4.53. The van der Waals surface area contributed by atoms with E-state index in [1.165, 1.54) is 19.2 Å². The molecule has 2 atom stereocenters. The number of rotatable bonds is 4. The van der Waals surface area contributed by atoms with E-state index in [4.69, 9.17) is 9.84 Å². The number of aliphatic carboxylic acids is 1. The number of hydrogen-bond donors (Lipinski definition) is 4. The van der Waals surface area contributed by atoms with Gasteiger partial charge >= 0.3 is 5.97 Å². The van der Waals surface area contributed by atoms with Gasteiger partial charge in [0.2, 0.25) is 0 Å². The molecule has 0 heterocycles. The van der Waals surface area contributed by atoms with Crippen molar-refractivity contribution in [3.63, 3.8) is 0 Å². The lowest BCUT2D eigenvalue weighted by Gasteiger charge is -2.16. The number of aliphatic hydroxyl groups excluding tert-OH is 2. The summed E-state index contributed by atoms with van der Waals surface area (Å²) in [6.07, 6.45) is -3.52. The van der Waals surface area contributed by atoms with E-state index in [1.54, 1.807) is 22.6 Å². The van der Waals surface area contributed by atoms with Crippen molar-refractivity contribution in [2.75, 3.05) is 7.11 Å². The number of methoxy groups -OCH3 is 1. The van der Waals surface area contributed by atoms with Crippen molar-refractivity contribution in [3.05, 3.63) is 21.3 Å². The Morgan fingerprint density at radius 2 is 2.00 bits per heavy atom. The minimum atomic E-state index is -1.93. The Kier molecular flexibility index (Phi) is 4.54. The van der Waals surface area contributed by atoms with Crippen LogP contribution >= 0.6 is 22.6 Å². The first kappa shape index (κ1) is 14.0. The number of ether oxygens (including phenoxy) is 1. The first-order chi connectivity index (χ1) is 7.88. The highest BCUT2D eigenvalue weighted by molar-refractivity contribution is 14.1. The van der Waals surface area contributed by atoms with Crippen molar-refractivity contribution in [3.8, 4) is 11.5 Å². The molecule has 0 bridgehead atoms. The van der Waals surface area contributed by atoms with E-state index in [1.807, 2.05) is 0 Å². The second-order valence-electron chi connectivity index (χ2n) is 3.28. The van der Waals surface area contributed by atoms with Gasteiger partial charge in [0.05, 0.1) is 10.7 Å². The van der Waals surface area contributed by atoms with Crippen LogP contribution < -0.4 is 4.74 Å². The molecule has 0 amide bonds. The molecule has 0 saturated carbocycles. The van der Waals surface area contributed by atoms with E-state index < -0.39 is 18.2 Å². The Labute approximate surface area is 111 Å². The predicted molar refractivity (Wildman–Crippen MR) is 66.0 cm³/mol. The third-order valence-electron chi connectivity index (χ3n) is 2.16. The standard InChI is InChI=1S/C10H11IO6/c1-17-6-3-4(2-5(11)8(6)13)7(12)9(14)10(15)16/h2-3,7,9,12-14H,1H3,(H,15,16). The average molecular weight is 354 g/mol. The average Bonchev–Trinajstić information content (AvgIpc) is 2.30. The molecule has 17 heavy (non-hydrogen) atoms. The fourth-order valence-electron chi connectivity index (χ4n) is 1.24. The molecule has 7 heteroatoms. The van der Waals surface area contributed by atoms with Crippen LogP contribution in [0.1, 0.15) is 11.7 Å². The molecule has 4 N–H and O–H groups in total. The van der Waals surface area contributed by atoms with E-state index in [9.17, 15) is 20.1 Å². The SMILES string of the molecule is COc1cc(C(O)C(O)C(=O)O)cc(I)c1O. The summed E-state index contributed by atoms with van der Waals surface area (Å²) < 4.78 is 5.24. The van der Waals surface area contributed by atoms with Crippen molar-refractivity contribution < 1.29 is 30.0 Å². The second-order valence-corrected chi connectivity index (χ2v) is 4.44. The maximum atomic E-state index is 10.5. The number of aliphatic hydroxyl groups is 2. The number of carboxylic acid groups (broad SMARTS) is 1. The highest BCUT2D eigenvalue weighted by atomic mass is 127. The van der Waals surface area contributed by atoms with Crippen LogP contribution in [0.3, 0.4) is 0 Å². The maximum absolute atomic E-state index is 10.5. The van der Waals surface area contributed by atoms with Gasteiger partial charge in [0.1, 0.15) is 6.10 Å².